The number of benzene rings is 1. The summed E-state index contributed by atoms with van der Waals surface area (Å²) in [5, 5.41) is 7.03. The van der Waals surface area contributed by atoms with Gasteiger partial charge in [-0.25, -0.2) is 0 Å². The molecular weight excluding hydrogens is 290 g/mol. The van der Waals surface area contributed by atoms with Gasteiger partial charge in [0.25, 0.3) is 0 Å². The predicted octanol–water partition coefficient (Wildman–Crippen LogP) is 4.12. The van der Waals surface area contributed by atoms with Crippen molar-refractivity contribution in [2.24, 2.45) is 0 Å². The minimum atomic E-state index is 0.590. The Hall–Kier alpha value is -1.94. The van der Waals surface area contributed by atoms with E-state index in [1.807, 2.05) is 12.1 Å². The van der Waals surface area contributed by atoms with Gasteiger partial charge >= 0.3 is 0 Å². The normalized spacial score (nSPS) is 10.5. The Labute approximate surface area is 138 Å². The van der Waals surface area contributed by atoms with Crippen molar-refractivity contribution < 1.29 is 0 Å². The van der Waals surface area contributed by atoms with E-state index in [1.54, 1.807) is 12.4 Å². The number of aryl methyl sites for hydroxylation is 1. The molecule has 0 spiro atoms. The summed E-state index contributed by atoms with van der Waals surface area (Å²) in [7, 11) is 0. The zero-order valence-electron chi connectivity index (χ0n) is 13.2. The van der Waals surface area contributed by atoms with Crippen molar-refractivity contribution in [2.75, 3.05) is 11.9 Å². The van der Waals surface area contributed by atoms with E-state index in [9.17, 15) is 0 Å². The lowest BCUT2D eigenvalue weighted by molar-refractivity contribution is 0.776. The summed E-state index contributed by atoms with van der Waals surface area (Å²) in [5.41, 5.74) is 3.72. The highest BCUT2D eigenvalue weighted by atomic mass is 32.1. The van der Waals surface area contributed by atoms with Crippen molar-refractivity contribution in [3.63, 3.8) is 0 Å². The van der Waals surface area contributed by atoms with Crippen LogP contribution in [0.4, 0.5) is 5.69 Å². The monoisotopic (exact) mass is 313 g/mol. The molecule has 0 amide bonds. The van der Waals surface area contributed by atoms with Gasteiger partial charge in [-0.3, -0.25) is 4.98 Å². The molecule has 0 fully saturated rings. The van der Waals surface area contributed by atoms with Crippen LogP contribution in [0.1, 0.15) is 37.3 Å². The van der Waals surface area contributed by atoms with Gasteiger partial charge in [0.15, 0.2) is 5.11 Å². The largest absolute Gasteiger partial charge is 0.362 e. The molecule has 2 N–H and O–H groups in total. The molecule has 2 aromatic rings. The SMILES string of the molecule is CC(C)c1ccc(CCCNC(=S)Nc2ccncc2)cc1. The van der Waals surface area contributed by atoms with Crippen molar-refractivity contribution in [2.45, 2.75) is 32.6 Å². The molecule has 1 aromatic heterocycles. The molecule has 0 unspecified atom stereocenters. The molecule has 1 heterocycles. The van der Waals surface area contributed by atoms with Crippen molar-refractivity contribution in [1.29, 1.82) is 0 Å². The van der Waals surface area contributed by atoms with Gasteiger partial charge in [-0.2, -0.15) is 0 Å². The summed E-state index contributed by atoms with van der Waals surface area (Å²) in [6.07, 6.45) is 5.60. The zero-order chi connectivity index (χ0) is 15.8. The Balaban J connectivity index is 1.67. The van der Waals surface area contributed by atoms with Gasteiger partial charge in [0.2, 0.25) is 0 Å². The van der Waals surface area contributed by atoms with Crippen LogP contribution in [0.2, 0.25) is 0 Å². The molecule has 0 saturated carbocycles. The summed E-state index contributed by atoms with van der Waals surface area (Å²) in [6.45, 7) is 5.30. The second kappa shape index (κ2) is 8.49. The number of thiocarbonyl (C=S) groups is 1. The van der Waals surface area contributed by atoms with Gasteiger partial charge in [-0.1, -0.05) is 38.1 Å². The molecule has 0 bridgehead atoms. The highest BCUT2D eigenvalue weighted by Crippen LogP contribution is 2.15. The van der Waals surface area contributed by atoms with Crippen LogP contribution >= 0.6 is 12.2 Å². The van der Waals surface area contributed by atoms with Crippen LogP contribution in [-0.4, -0.2) is 16.6 Å². The summed E-state index contributed by atoms with van der Waals surface area (Å²) in [5.74, 6) is 0.590. The lowest BCUT2D eigenvalue weighted by Gasteiger charge is -2.10. The molecule has 22 heavy (non-hydrogen) atoms. The summed E-state index contributed by atoms with van der Waals surface area (Å²) < 4.78 is 0. The number of anilines is 1. The molecular formula is C18H23N3S. The number of hydrogen-bond acceptors (Lipinski definition) is 2. The van der Waals surface area contributed by atoms with Crippen LogP contribution in [-0.2, 0) is 6.42 Å². The van der Waals surface area contributed by atoms with Crippen molar-refractivity contribution >= 4 is 23.0 Å². The Morgan fingerprint density at radius 2 is 1.77 bits per heavy atom. The van der Waals surface area contributed by atoms with Crippen LogP contribution in [0.25, 0.3) is 0 Å². The van der Waals surface area contributed by atoms with Crippen LogP contribution in [0.15, 0.2) is 48.8 Å². The maximum absolute atomic E-state index is 5.27. The number of rotatable bonds is 6. The first-order chi connectivity index (χ1) is 10.6. The summed E-state index contributed by atoms with van der Waals surface area (Å²) >= 11 is 5.27. The molecule has 0 radical (unpaired) electrons. The molecule has 0 aliphatic carbocycles. The standard InChI is InChI=1S/C18H23N3S/c1-14(2)16-7-5-15(6-8-16)4-3-11-20-18(22)21-17-9-12-19-13-10-17/h5-10,12-14H,3-4,11H2,1-2H3,(H2,19,20,21,22). The highest BCUT2D eigenvalue weighted by molar-refractivity contribution is 7.80. The molecule has 0 atom stereocenters. The molecule has 2 rings (SSSR count). The van der Waals surface area contributed by atoms with Gasteiger partial charge in [-0.15, -0.1) is 0 Å². The van der Waals surface area contributed by atoms with E-state index in [2.05, 4.69) is 53.7 Å². The number of aromatic nitrogens is 1. The van der Waals surface area contributed by atoms with Gasteiger partial charge in [0.1, 0.15) is 0 Å². The van der Waals surface area contributed by atoms with Gasteiger partial charge in [-0.05, 0) is 54.2 Å². The molecule has 0 aliphatic rings. The van der Waals surface area contributed by atoms with E-state index in [0.717, 1.165) is 25.1 Å². The Morgan fingerprint density at radius 1 is 1.09 bits per heavy atom. The van der Waals surface area contributed by atoms with E-state index in [0.29, 0.717) is 11.0 Å². The first kappa shape index (κ1) is 16.4. The lowest BCUT2D eigenvalue weighted by Crippen LogP contribution is -2.29. The van der Waals surface area contributed by atoms with Crippen molar-refractivity contribution in [1.82, 2.24) is 10.3 Å². The topological polar surface area (TPSA) is 37.0 Å². The van der Waals surface area contributed by atoms with Gasteiger partial charge in [0, 0.05) is 24.6 Å². The smallest absolute Gasteiger partial charge is 0.170 e. The molecule has 4 heteroatoms. The molecule has 1 aromatic carbocycles. The number of hydrogen-bond donors (Lipinski definition) is 2. The predicted molar refractivity (Wildman–Crippen MR) is 97.3 cm³/mol. The average Bonchev–Trinajstić information content (AvgIpc) is 2.53. The van der Waals surface area contributed by atoms with Crippen molar-refractivity contribution in [3.8, 4) is 0 Å². The quantitative estimate of drug-likeness (QED) is 0.621. The number of nitrogens with one attached hydrogen (secondary N) is 2. The minimum absolute atomic E-state index is 0.590. The first-order valence-electron chi connectivity index (χ1n) is 7.69. The third-order valence-electron chi connectivity index (χ3n) is 3.51. The first-order valence-corrected chi connectivity index (χ1v) is 8.09. The van der Waals surface area contributed by atoms with Crippen LogP contribution in [0.3, 0.4) is 0 Å². The second-order valence-electron chi connectivity index (χ2n) is 5.62. The van der Waals surface area contributed by atoms with Crippen LogP contribution in [0, 0.1) is 0 Å². The summed E-state index contributed by atoms with van der Waals surface area (Å²) in [6, 6.07) is 12.7. The Morgan fingerprint density at radius 3 is 2.41 bits per heavy atom. The van der Waals surface area contributed by atoms with Crippen molar-refractivity contribution in [3.05, 3.63) is 59.9 Å². The fraction of sp³-hybridized carbons (Fsp3) is 0.333. The molecule has 0 saturated heterocycles. The van der Waals surface area contributed by atoms with E-state index >= 15 is 0 Å². The van der Waals surface area contributed by atoms with Crippen LogP contribution < -0.4 is 10.6 Å². The molecule has 0 aliphatic heterocycles. The second-order valence-corrected chi connectivity index (χ2v) is 6.02. The lowest BCUT2D eigenvalue weighted by atomic mass is 10.0. The number of nitrogens with zero attached hydrogens (tertiary/aromatic N) is 1. The van der Waals surface area contributed by atoms with Crippen LogP contribution in [0.5, 0.6) is 0 Å². The summed E-state index contributed by atoms with van der Waals surface area (Å²) in [4.78, 5) is 3.97. The van der Waals surface area contributed by atoms with E-state index < -0.39 is 0 Å². The van der Waals surface area contributed by atoms with E-state index in [4.69, 9.17) is 12.2 Å². The maximum Gasteiger partial charge on any atom is 0.170 e. The van der Waals surface area contributed by atoms with Gasteiger partial charge in [0.05, 0.1) is 0 Å². The Kier molecular flexibility index (Phi) is 6.34. The van der Waals surface area contributed by atoms with Gasteiger partial charge < -0.3 is 10.6 Å². The average molecular weight is 313 g/mol. The Bertz CT molecular complexity index is 579. The minimum Gasteiger partial charge on any atom is -0.362 e. The number of pyridine rings is 1. The molecule has 116 valence electrons. The zero-order valence-corrected chi connectivity index (χ0v) is 14.0. The third kappa shape index (κ3) is 5.45. The fourth-order valence-electron chi connectivity index (χ4n) is 2.17. The van der Waals surface area contributed by atoms with E-state index in [-0.39, 0.29) is 0 Å². The molecule has 3 nitrogen and oxygen atoms in total. The maximum atomic E-state index is 5.27. The van der Waals surface area contributed by atoms with E-state index in [1.165, 1.54) is 11.1 Å². The highest BCUT2D eigenvalue weighted by Gasteiger charge is 2.00. The third-order valence-corrected chi connectivity index (χ3v) is 3.76. The fourth-order valence-corrected chi connectivity index (χ4v) is 2.39.